The summed E-state index contributed by atoms with van der Waals surface area (Å²) in [7, 11) is -21.1. The van der Waals surface area contributed by atoms with Gasteiger partial charge in [0.2, 0.25) is 34.4 Å². The number of nitrogens with zero attached hydrogens (tertiary/aromatic N) is 14. The molecule has 0 spiro atoms. The highest BCUT2D eigenvalue weighted by Gasteiger charge is 2.24. The number of benzene rings is 4. The highest BCUT2D eigenvalue weighted by molar-refractivity contribution is 7.95. The van der Waals surface area contributed by atoms with Crippen molar-refractivity contribution in [1.82, 2.24) is 39.9 Å². The fourth-order valence-electron chi connectivity index (χ4n) is 9.12. The number of rotatable bonds is 38. The van der Waals surface area contributed by atoms with Crippen LogP contribution in [0.1, 0.15) is 35.1 Å². The molecule has 4 aromatic heterocycles. The Morgan fingerprint density at radius 2 is 0.764 bits per heavy atom. The molecule has 0 saturated heterocycles. The molecular formula is C64H68Cl2N22O16S6. The summed E-state index contributed by atoms with van der Waals surface area (Å²) in [5, 5.41) is 62.8. The van der Waals surface area contributed by atoms with E-state index in [0.29, 0.717) is 50.5 Å². The van der Waals surface area contributed by atoms with Crippen LogP contribution in [0.2, 0.25) is 10.6 Å². The van der Waals surface area contributed by atoms with E-state index < -0.39 is 69.4 Å². The quantitative estimate of drug-likeness (QED) is 0.00976. The molecule has 0 aliphatic heterocycles. The van der Waals surface area contributed by atoms with Gasteiger partial charge in [-0.3, -0.25) is 9.11 Å². The first-order valence-corrected chi connectivity index (χ1v) is 41.6. The topological polar surface area (TPSA) is 560 Å². The monoisotopic (exact) mass is 1660 g/mol. The molecule has 4 heterocycles. The third kappa shape index (κ3) is 24.4. The van der Waals surface area contributed by atoms with Gasteiger partial charge < -0.3 is 52.0 Å². The number of sulfone groups is 4. The van der Waals surface area contributed by atoms with Crippen molar-refractivity contribution in [2.75, 3.05) is 108 Å². The molecular weight excluding hydrogens is 1600 g/mol. The number of nitrogens with one attached hydrogen (secondary N) is 8. The molecule has 110 heavy (non-hydrogen) atoms. The average Bonchev–Trinajstić information content (AvgIpc) is 0.796. The fraction of sp³-hybridized carbons (Fsp3) is 0.219. The maximum atomic E-state index is 12.4. The zero-order chi connectivity index (χ0) is 80.8. The van der Waals surface area contributed by atoms with Gasteiger partial charge in [-0.25, -0.2) is 43.6 Å². The van der Waals surface area contributed by atoms with Crippen LogP contribution < -0.4 is 42.5 Å². The Labute approximate surface area is 642 Å². The van der Waals surface area contributed by atoms with E-state index in [9.17, 15) is 70.1 Å². The van der Waals surface area contributed by atoms with Crippen molar-refractivity contribution in [3.05, 3.63) is 166 Å². The van der Waals surface area contributed by atoms with Crippen molar-refractivity contribution in [2.45, 2.75) is 46.3 Å². The minimum absolute atomic E-state index is 0.0201. The number of aromatic nitrogens is 8. The lowest BCUT2D eigenvalue weighted by molar-refractivity contribution is 0.197. The molecule has 8 rings (SSSR count). The number of pyridine rings is 2. The Bertz CT molecular complexity index is 5690. The lowest BCUT2D eigenvalue weighted by Crippen LogP contribution is -2.16. The van der Waals surface area contributed by atoms with E-state index in [4.69, 9.17) is 32.7 Å². The summed E-state index contributed by atoms with van der Waals surface area (Å²) >= 11 is 12.3. The van der Waals surface area contributed by atoms with Gasteiger partial charge in [0.1, 0.15) is 56.3 Å². The van der Waals surface area contributed by atoms with Gasteiger partial charge in [-0.15, -0.1) is 20.5 Å². The van der Waals surface area contributed by atoms with Crippen LogP contribution in [-0.2, 0) is 69.1 Å². The number of hydrogen-bond donors (Lipinski definition) is 10. The van der Waals surface area contributed by atoms with Crippen molar-refractivity contribution in [1.29, 1.82) is 10.5 Å². The van der Waals surface area contributed by atoms with Gasteiger partial charge in [0.15, 0.2) is 51.0 Å². The predicted octanol–water partition coefficient (Wildman–Crippen LogP) is 11.2. The second kappa shape index (κ2) is 38.3. The van der Waals surface area contributed by atoms with Crippen molar-refractivity contribution < 1.29 is 69.1 Å². The summed E-state index contributed by atoms with van der Waals surface area (Å²) in [4.78, 5) is 32.3. The maximum absolute atomic E-state index is 12.4. The molecule has 0 amide bonds. The number of halogens is 2. The highest BCUT2D eigenvalue weighted by atomic mass is 35.5. The van der Waals surface area contributed by atoms with Crippen LogP contribution in [0.25, 0.3) is 0 Å². The van der Waals surface area contributed by atoms with E-state index in [-0.39, 0.29) is 148 Å². The average molecular weight is 1660 g/mol. The number of ether oxygens (including phenoxy) is 2. The normalized spacial score (nSPS) is 11.8. The smallest absolute Gasteiger partial charge is 0.296 e. The summed E-state index contributed by atoms with van der Waals surface area (Å²) in [5.41, 5.74) is 1.14. The van der Waals surface area contributed by atoms with Crippen LogP contribution >= 0.6 is 23.2 Å². The van der Waals surface area contributed by atoms with Gasteiger partial charge in [-0.2, -0.15) is 57.3 Å². The van der Waals surface area contributed by atoms with Crippen LogP contribution in [0.3, 0.4) is 0 Å². The Morgan fingerprint density at radius 3 is 1.08 bits per heavy atom. The molecule has 0 aliphatic rings. The van der Waals surface area contributed by atoms with Gasteiger partial charge >= 0.3 is 0 Å². The third-order valence-corrected chi connectivity index (χ3v) is 22.0. The summed E-state index contributed by atoms with van der Waals surface area (Å²) in [6.07, 6.45) is 1.12. The Kier molecular flexibility index (Phi) is 30.0. The second-order valence-corrected chi connectivity index (χ2v) is 33.6. The van der Waals surface area contributed by atoms with Gasteiger partial charge in [0, 0.05) is 109 Å². The van der Waals surface area contributed by atoms with Crippen molar-refractivity contribution >= 4 is 175 Å². The SMILES string of the molecule is C=CS(=O)(=O)CCNc1nc(NCCCOC)c(C#N)c(C)c1N=Nc1cc(Nc2nc(Cl)nc(Nc3ccc(S(=O)(=O)C=C)cc3)n2)ccc1S(=O)(=O)O.C=CS(=O)(=O)CCNc1nc(NCCCOC)c(N=Nc2cc(Nc3nc(Cl)nc(Nc4ccc(S(=O)(=O)C=C)cc4)n3)ccc2S(=O)(=O)O)c(C)c1C#N. The lowest BCUT2D eigenvalue weighted by Gasteiger charge is -2.15. The number of azo groups is 2. The van der Waals surface area contributed by atoms with Crippen LogP contribution in [0.4, 0.5) is 92.6 Å². The van der Waals surface area contributed by atoms with E-state index in [2.05, 4.69) is 135 Å². The molecule has 4 aromatic carbocycles. The van der Waals surface area contributed by atoms with Crippen molar-refractivity contribution in [2.24, 2.45) is 20.5 Å². The minimum atomic E-state index is -4.85. The molecule has 0 aliphatic carbocycles. The number of methoxy groups -OCH3 is 2. The standard InChI is InChI=1S/2C32H34ClN11O8S3/c1-5-53(45,46)17-15-36-28-24(19-34)20(3)27(29(39-28)35-14-7-16-52-4)44-43-25-18-22(10-13-26(25)55(49,50)51)38-32-41-30(33)40-31(42-32)37-21-8-11-23(12-9-21)54(47,48)6-2;1-5-53(45,46)17-15-36-29-27(20(3)24(19-34)28(39-29)35-14-7-16-52-4)44-43-25-18-22(10-13-26(25)55(49,50)51)38-32-41-30(33)40-31(42-32)37-21-8-11-23(12-9-21)54(47,48)6-2/h2*5-6,8-13,18H,1-2,7,14-17H2,3-4H3,(H2,35,36,39)(H,49,50,51)(H2,37,38,40,41,42). The van der Waals surface area contributed by atoms with Gasteiger partial charge in [0.25, 0.3) is 20.2 Å². The van der Waals surface area contributed by atoms with Crippen LogP contribution in [0.15, 0.2) is 173 Å². The zero-order valence-electron chi connectivity index (χ0n) is 58.4. The second-order valence-electron chi connectivity index (χ2n) is 22.2. The first kappa shape index (κ1) is 86.1. The molecule has 580 valence electrons. The molecule has 8 aromatic rings. The molecule has 0 bridgehead atoms. The van der Waals surface area contributed by atoms with E-state index in [0.717, 1.165) is 33.8 Å². The molecule has 0 saturated carbocycles. The lowest BCUT2D eigenvalue weighted by atomic mass is 10.1. The van der Waals surface area contributed by atoms with E-state index >= 15 is 0 Å². The molecule has 46 heteroatoms. The third-order valence-electron chi connectivity index (χ3n) is 14.6. The molecule has 0 atom stereocenters. The molecule has 38 nitrogen and oxygen atoms in total. The summed E-state index contributed by atoms with van der Waals surface area (Å²) in [6, 6.07) is 22.5. The molecule has 0 unspecified atom stereocenters. The summed E-state index contributed by atoms with van der Waals surface area (Å²) in [6.45, 7) is 17.6. The first-order chi connectivity index (χ1) is 52.0. The van der Waals surface area contributed by atoms with E-state index in [1.807, 2.05) is 6.07 Å². The van der Waals surface area contributed by atoms with Gasteiger partial charge in [-0.1, -0.05) is 26.3 Å². The number of hydrogen-bond acceptors (Lipinski definition) is 36. The predicted molar refractivity (Wildman–Crippen MR) is 414 cm³/mol. The number of nitriles is 2. The Balaban J connectivity index is 0.000000306. The summed E-state index contributed by atoms with van der Waals surface area (Å²) < 4.78 is 176. The van der Waals surface area contributed by atoms with E-state index in [1.165, 1.54) is 79.9 Å². The van der Waals surface area contributed by atoms with Crippen LogP contribution in [0, 0.1) is 36.5 Å². The Morgan fingerprint density at radius 1 is 0.445 bits per heavy atom. The van der Waals surface area contributed by atoms with Crippen molar-refractivity contribution in [3.63, 3.8) is 0 Å². The largest absolute Gasteiger partial charge is 0.385 e. The van der Waals surface area contributed by atoms with Crippen LogP contribution in [-0.4, -0.2) is 165 Å². The highest BCUT2D eigenvalue weighted by Crippen LogP contribution is 2.40. The maximum Gasteiger partial charge on any atom is 0.296 e. The molecule has 10 N–H and O–H groups in total. The van der Waals surface area contributed by atoms with Crippen molar-refractivity contribution in [3.8, 4) is 12.1 Å². The van der Waals surface area contributed by atoms with E-state index in [1.54, 1.807) is 21.0 Å². The fourth-order valence-corrected chi connectivity index (χ4v) is 13.2. The van der Waals surface area contributed by atoms with Gasteiger partial charge in [-0.05, 0) is 135 Å². The van der Waals surface area contributed by atoms with Gasteiger partial charge in [0.05, 0.1) is 32.4 Å². The molecule has 0 radical (unpaired) electrons. The minimum Gasteiger partial charge on any atom is -0.385 e. The molecule has 0 fully saturated rings. The summed E-state index contributed by atoms with van der Waals surface area (Å²) in [5.74, 6) is -0.533. The van der Waals surface area contributed by atoms with Crippen LogP contribution in [0.5, 0.6) is 0 Å². The Hall–Kier alpha value is -11.1. The zero-order valence-corrected chi connectivity index (χ0v) is 64.8. The number of anilines is 12. The first-order valence-electron chi connectivity index (χ1n) is 31.5.